The minimum Gasteiger partial charge on any atom is -0.454 e. The van der Waals surface area contributed by atoms with Crippen molar-refractivity contribution in [3.63, 3.8) is 0 Å². The number of nitrogens with two attached hydrogens (primary N) is 1. The molecule has 19 heavy (non-hydrogen) atoms. The second kappa shape index (κ2) is 6.04. The molecule has 0 aromatic heterocycles. The van der Waals surface area contributed by atoms with Crippen LogP contribution in [0, 0.1) is 12.7 Å². The van der Waals surface area contributed by atoms with Gasteiger partial charge in [0.05, 0.1) is 5.02 Å². The highest BCUT2D eigenvalue weighted by molar-refractivity contribution is 6.30. The Labute approximate surface area is 117 Å². The minimum absolute atomic E-state index is 0.0463. The van der Waals surface area contributed by atoms with E-state index in [0.29, 0.717) is 18.7 Å². The third kappa shape index (κ3) is 3.25. The molecule has 2 aromatic carbocycles. The van der Waals surface area contributed by atoms with E-state index < -0.39 is 5.82 Å². The highest BCUT2D eigenvalue weighted by Gasteiger charge is 2.11. The Hall–Kier alpha value is -1.58. The van der Waals surface area contributed by atoms with Crippen molar-refractivity contribution in [2.75, 3.05) is 6.54 Å². The molecule has 0 aliphatic rings. The molecule has 2 rings (SSSR count). The van der Waals surface area contributed by atoms with Crippen LogP contribution in [0.4, 0.5) is 4.39 Å². The summed E-state index contributed by atoms with van der Waals surface area (Å²) < 4.78 is 19.4. The van der Waals surface area contributed by atoms with Crippen LogP contribution in [0.2, 0.25) is 5.02 Å². The van der Waals surface area contributed by atoms with Gasteiger partial charge in [-0.25, -0.2) is 4.39 Å². The van der Waals surface area contributed by atoms with E-state index in [1.165, 1.54) is 6.07 Å². The Morgan fingerprint density at radius 3 is 2.74 bits per heavy atom. The molecule has 2 nitrogen and oxygen atoms in total. The van der Waals surface area contributed by atoms with Crippen molar-refractivity contribution in [1.82, 2.24) is 0 Å². The maximum atomic E-state index is 13.8. The van der Waals surface area contributed by atoms with E-state index >= 15 is 0 Å². The Bertz CT molecular complexity index is 586. The van der Waals surface area contributed by atoms with Crippen LogP contribution in [0.25, 0.3) is 0 Å². The zero-order valence-corrected chi connectivity index (χ0v) is 11.4. The average Bonchev–Trinajstić information content (AvgIpc) is 2.38. The Morgan fingerprint density at radius 2 is 2.00 bits per heavy atom. The number of aryl methyl sites for hydroxylation is 1. The van der Waals surface area contributed by atoms with Gasteiger partial charge in [0, 0.05) is 0 Å². The second-order valence-corrected chi connectivity index (χ2v) is 4.71. The number of hydrogen-bond donors (Lipinski definition) is 1. The van der Waals surface area contributed by atoms with Crippen LogP contribution < -0.4 is 10.5 Å². The molecule has 0 radical (unpaired) electrons. The van der Waals surface area contributed by atoms with E-state index in [1.54, 1.807) is 12.1 Å². The lowest BCUT2D eigenvalue weighted by Gasteiger charge is -2.12. The van der Waals surface area contributed by atoms with Crippen LogP contribution in [0.1, 0.15) is 11.1 Å². The highest BCUT2D eigenvalue weighted by Crippen LogP contribution is 2.31. The summed E-state index contributed by atoms with van der Waals surface area (Å²) in [5.41, 5.74) is 7.65. The van der Waals surface area contributed by atoms with Gasteiger partial charge >= 0.3 is 0 Å². The fraction of sp³-hybridized carbons (Fsp3) is 0.200. The van der Waals surface area contributed by atoms with Crippen molar-refractivity contribution in [3.05, 3.63) is 58.4 Å². The van der Waals surface area contributed by atoms with Gasteiger partial charge in [-0.2, -0.15) is 0 Å². The van der Waals surface area contributed by atoms with Gasteiger partial charge in [0.25, 0.3) is 0 Å². The number of rotatable bonds is 4. The maximum Gasteiger partial charge on any atom is 0.184 e. The third-order valence-corrected chi connectivity index (χ3v) is 3.06. The van der Waals surface area contributed by atoms with Crippen molar-refractivity contribution in [3.8, 4) is 11.5 Å². The van der Waals surface area contributed by atoms with Gasteiger partial charge in [0.1, 0.15) is 5.75 Å². The first kappa shape index (κ1) is 13.8. The topological polar surface area (TPSA) is 35.2 Å². The molecule has 0 heterocycles. The zero-order chi connectivity index (χ0) is 13.8. The van der Waals surface area contributed by atoms with Crippen LogP contribution in [0.15, 0.2) is 36.4 Å². The predicted octanol–water partition coefficient (Wildman–Crippen LogP) is 4.08. The largest absolute Gasteiger partial charge is 0.454 e. The molecule has 2 aromatic rings. The van der Waals surface area contributed by atoms with Crippen molar-refractivity contribution < 1.29 is 9.13 Å². The van der Waals surface area contributed by atoms with Crippen LogP contribution in [-0.4, -0.2) is 6.54 Å². The standard InChI is InChI=1S/C15H15ClFNO/c1-10-5-6-13(11(9-10)7-8-18)19-14-4-2-3-12(16)15(14)17/h2-6,9H,7-8,18H2,1H3. The lowest BCUT2D eigenvalue weighted by molar-refractivity contribution is 0.438. The number of hydrogen-bond acceptors (Lipinski definition) is 2. The van der Waals surface area contributed by atoms with E-state index in [2.05, 4.69) is 0 Å². The normalized spacial score (nSPS) is 10.5. The maximum absolute atomic E-state index is 13.8. The van der Waals surface area contributed by atoms with Crippen molar-refractivity contribution in [1.29, 1.82) is 0 Å². The Kier molecular flexibility index (Phi) is 4.40. The molecule has 0 amide bonds. The first-order valence-electron chi connectivity index (χ1n) is 6.03. The molecule has 0 unspecified atom stereocenters. The van der Waals surface area contributed by atoms with E-state index in [9.17, 15) is 4.39 Å². The van der Waals surface area contributed by atoms with Crippen molar-refractivity contribution >= 4 is 11.6 Å². The first-order chi connectivity index (χ1) is 9.11. The average molecular weight is 280 g/mol. The molecule has 2 N–H and O–H groups in total. The quantitative estimate of drug-likeness (QED) is 0.915. The molecular weight excluding hydrogens is 265 g/mol. The van der Waals surface area contributed by atoms with Crippen molar-refractivity contribution in [2.24, 2.45) is 5.73 Å². The van der Waals surface area contributed by atoms with Crippen molar-refractivity contribution in [2.45, 2.75) is 13.3 Å². The summed E-state index contributed by atoms with van der Waals surface area (Å²) in [5.74, 6) is 0.176. The lowest BCUT2D eigenvalue weighted by atomic mass is 10.1. The van der Waals surface area contributed by atoms with Gasteiger partial charge in [-0.1, -0.05) is 35.4 Å². The predicted molar refractivity (Wildman–Crippen MR) is 75.4 cm³/mol. The SMILES string of the molecule is Cc1ccc(Oc2cccc(Cl)c2F)c(CCN)c1. The molecule has 4 heteroatoms. The van der Waals surface area contributed by atoms with E-state index in [-0.39, 0.29) is 10.8 Å². The summed E-state index contributed by atoms with van der Waals surface area (Å²) in [6.07, 6.45) is 0.680. The van der Waals surface area contributed by atoms with Gasteiger partial charge in [0.2, 0.25) is 0 Å². The summed E-state index contributed by atoms with van der Waals surface area (Å²) in [6, 6.07) is 10.4. The minimum atomic E-state index is -0.552. The molecule has 0 aliphatic heterocycles. The van der Waals surface area contributed by atoms with E-state index in [1.807, 2.05) is 25.1 Å². The number of ether oxygens (including phenoxy) is 1. The molecular formula is C15H15ClFNO. The molecule has 0 atom stereocenters. The molecule has 0 fully saturated rings. The number of benzene rings is 2. The summed E-state index contributed by atoms with van der Waals surface area (Å²) in [4.78, 5) is 0. The summed E-state index contributed by atoms with van der Waals surface area (Å²) >= 11 is 5.73. The second-order valence-electron chi connectivity index (χ2n) is 4.30. The molecule has 0 saturated carbocycles. The van der Waals surface area contributed by atoms with Gasteiger partial charge in [-0.05, 0) is 43.7 Å². The van der Waals surface area contributed by atoms with Gasteiger partial charge < -0.3 is 10.5 Å². The summed E-state index contributed by atoms with van der Waals surface area (Å²) in [6.45, 7) is 2.50. The Balaban J connectivity index is 2.35. The van der Waals surface area contributed by atoms with Crippen LogP contribution in [0.5, 0.6) is 11.5 Å². The Morgan fingerprint density at radius 1 is 1.21 bits per heavy atom. The summed E-state index contributed by atoms with van der Waals surface area (Å²) in [5, 5.41) is 0.0463. The van der Waals surface area contributed by atoms with Gasteiger partial charge in [0.15, 0.2) is 11.6 Å². The fourth-order valence-corrected chi connectivity index (χ4v) is 2.01. The molecule has 0 aliphatic carbocycles. The molecule has 0 spiro atoms. The highest BCUT2D eigenvalue weighted by atomic mass is 35.5. The fourth-order valence-electron chi connectivity index (χ4n) is 1.84. The first-order valence-corrected chi connectivity index (χ1v) is 6.41. The molecule has 0 bridgehead atoms. The van der Waals surface area contributed by atoms with E-state index in [4.69, 9.17) is 22.1 Å². The lowest BCUT2D eigenvalue weighted by Crippen LogP contribution is -2.04. The molecule has 0 saturated heterocycles. The van der Waals surface area contributed by atoms with E-state index in [0.717, 1.165) is 11.1 Å². The molecule has 100 valence electrons. The zero-order valence-electron chi connectivity index (χ0n) is 10.6. The van der Waals surface area contributed by atoms with Crippen LogP contribution in [0.3, 0.4) is 0 Å². The smallest absolute Gasteiger partial charge is 0.184 e. The van der Waals surface area contributed by atoms with Crippen LogP contribution in [-0.2, 0) is 6.42 Å². The van der Waals surface area contributed by atoms with Gasteiger partial charge in [-0.3, -0.25) is 0 Å². The monoisotopic (exact) mass is 279 g/mol. The van der Waals surface area contributed by atoms with Crippen LogP contribution >= 0.6 is 11.6 Å². The summed E-state index contributed by atoms with van der Waals surface area (Å²) in [7, 11) is 0. The third-order valence-electron chi connectivity index (χ3n) is 2.77. The number of halogens is 2. The van der Waals surface area contributed by atoms with Gasteiger partial charge in [-0.15, -0.1) is 0 Å².